The Labute approximate surface area is 155 Å². The Balaban J connectivity index is 2.33. The molecule has 0 fully saturated rings. The van der Waals surface area contributed by atoms with Gasteiger partial charge in [0.2, 0.25) is 0 Å². The summed E-state index contributed by atoms with van der Waals surface area (Å²) in [6, 6.07) is 11.1. The molecule has 2 rings (SSSR count). The van der Waals surface area contributed by atoms with E-state index >= 15 is 0 Å². The van der Waals surface area contributed by atoms with E-state index in [0.29, 0.717) is 5.56 Å². The van der Waals surface area contributed by atoms with Gasteiger partial charge in [0.15, 0.2) is 0 Å². The van der Waals surface area contributed by atoms with Crippen LogP contribution in [0, 0.1) is 0 Å². The number of hydrogen-bond acceptors (Lipinski definition) is 2. The Hall–Kier alpha value is -2.83. The number of aliphatic carboxylic acids is 1. The van der Waals surface area contributed by atoms with Crippen molar-refractivity contribution in [2.24, 2.45) is 0 Å². The largest absolute Gasteiger partial charge is 0.474 e. The minimum atomic E-state index is -4.51. The molecule has 0 atom stereocenters. The van der Waals surface area contributed by atoms with Crippen LogP contribution in [-0.2, 0) is 27.7 Å². The van der Waals surface area contributed by atoms with Crippen LogP contribution in [0.2, 0.25) is 0 Å². The molecule has 2 aromatic rings. The summed E-state index contributed by atoms with van der Waals surface area (Å²) in [5.41, 5.74) is 0.871. The third-order valence-electron chi connectivity index (χ3n) is 4.10. The van der Waals surface area contributed by atoms with Crippen molar-refractivity contribution in [1.29, 1.82) is 0 Å². The van der Waals surface area contributed by atoms with Gasteiger partial charge in [0.05, 0.1) is 12.1 Å². The Morgan fingerprint density at radius 2 is 1.37 bits per heavy atom. The van der Waals surface area contributed by atoms with Crippen molar-refractivity contribution in [1.82, 2.24) is 0 Å². The standard InChI is InChI=1S/C20H20F3NO3/c1-19(2,3)14-6-4-13(5-7-14)12-24(17(25)18(26)27)16-10-8-15(9-11-16)20(21,22)23/h4-11H,12H2,1-3H3,(H,26,27). The lowest BCUT2D eigenvalue weighted by Crippen LogP contribution is -2.36. The van der Waals surface area contributed by atoms with E-state index in [2.05, 4.69) is 0 Å². The van der Waals surface area contributed by atoms with Crippen LogP contribution in [0.4, 0.5) is 18.9 Å². The number of halogens is 3. The Bertz CT molecular complexity index is 820. The molecular formula is C20H20F3NO3. The molecule has 27 heavy (non-hydrogen) atoms. The first-order chi connectivity index (χ1) is 12.4. The summed E-state index contributed by atoms with van der Waals surface area (Å²) in [7, 11) is 0. The molecule has 0 aromatic heterocycles. The number of nitrogens with zero attached hydrogens (tertiary/aromatic N) is 1. The third-order valence-corrected chi connectivity index (χ3v) is 4.10. The number of carboxylic acid groups (broad SMARTS) is 1. The monoisotopic (exact) mass is 379 g/mol. The number of carbonyl (C=O) groups excluding carboxylic acids is 1. The number of carboxylic acids is 1. The van der Waals surface area contributed by atoms with Crippen LogP contribution in [0.5, 0.6) is 0 Å². The molecule has 0 heterocycles. The van der Waals surface area contributed by atoms with Crippen molar-refractivity contribution >= 4 is 17.6 Å². The molecule has 0 unspecified atom stereocenters. The zero-order valence-electron chi connectivity index (χ0n) is 15.2. The normalized spacial score (nSPS) is 11.9. The summed E-state index contributed by atoms with van der Waals surface area (Å²) in [5.74, 6) is -2.89. The molecule has 0 bridgehead atoms. The number of hydrogen-bond donors (Lipinski definition) is 1. The molecule has 0 saturated carbocycles. The van der Waals surface area contributed by atoms with E-state index in [1.54, 1.807) is 12.1 Å². The van der Waals surface area contributed by atoms with E-state index in [9.17, 15) is 22.8 Å². The van der Waals surface area contributed by atoms with Gasteiger partial charge in [-0.25, -0.2) is 4.79 Å². The fraction of sp³-hybridized carbons (Fsp3) is 0.300. The Morgan fingerprint density at radius 3 is 1.78 bits per heavy atom. The molecule has 0 aliphatic heterocycles. The van der Waals surface area contributed by atoms with E-state index in [1.165, 1.54) is 0 Å². The maximum absolute atomic E-state index is 12.7. The van der Waals surface area contributed by atoms with Gasteiger partial charge >= 0.3 is 18.1 Å². The maximum Gasteiger partial charge on any atom is 0.416 e. The number of anilines is 1. The number of amides is 1. The van der Waals surface area contributed by atoms with E-state index in [-0.39, 0.29) is 17.6 Å². The average molecular weight is 379 g/mol. The topological polar surface area (TPSA) is 57.6 Å². The van der Waals surface area contributed by atoms with Crippen LogP contribution in [0.3, 0.4) is 0 Å². The molecule has 2 aromatic carbocycles. The van der Waals surface area contributed by atoms with Crippen molar-refractivity contribution in [3.63, 3.8) is 0 Å². The van der Waals surface area contributed by atoms with Crippen LogP contribution < -0.4 is 4.90 Å². The smallest absolute Gasteiger partial charge is 0.416 e. The minimum absolute atomic E-state index is 0.0669. The minimum Gasteiger partial charge on any atom is -0.474 e. The van der Waals surface area contributed by atoms with E-state index in [0.717, 1.165) is 34.7 Å². The second kappa shape index (κ2) is 7.42. The molecule has 0 spiro atoms. The molecule has 0 radical (unpaired) electrons. The summed E-state index contributed by atoms with van der Waals surface area (Å²) in [4.78, 5) is 24.1. The van der Waals surface area contributed by atoms with E-state index in [1.807, 2.05) is 32.9 Å². The first-order valence-electron chi connectivity index (χ1n) is 8.21. The highest BCUT2D eigenvalue weighted by Crippen LogP contribution is 2.31. The van der Waals surface area contributed by atoms with Gasteiger partial charge in [-0.05, 0) is 40.8 Å². The van der Waals surface area contributed by atoms with Gasteiger partial charge in [-0.1, -0.05) is 45.0 Å². The number of benzene rings is 2. The summed E-state index contributed by atoms with van der Waals surface area (Å²) in [6.07, 6.45) is -4.51. The van der Waals surface area contributed by atoms with Crippen molar-refractivity contribution in [3.8, 4) is 0 Å². The molecule has 0 aliphatic carbocycles. The molecule has 4 nitrogen and oxygen atoms in total. The van der Waals surface area contributed by atoms with Gasteiger partial charge in [-0.3, -0.25) is 9.69 Å². The van der Waals surface area contributed by atoms with Gasteiger partial charge < -0.3 is 5.11 Å². The molecule has 0 saturated heterocycles. The highest BCUT2D eigenvalue weighted by atomic mass is 19.4. The highest BCUT2D eigenvalue weighted by molar-refractivity contribution is 6.37. The van der Waals surface area contributed by atoms with Crippen LogP contribution in [-0.4, -0.2) is 17.0 Å². The number of alkyl halides is 3. The zero-order valence-corrected chi connectivity index (χ0v) is 15.2. The van der Waals surface area contributed by atoms with Crippen molar-refractivity contribution < 1.29 is 27.9 Å². The first-order valence-corrected chi connectivity index (χ1v) is 8.21. The molecule has 7 heteroatoms. The number of rotatable bonds is 3. The first kappa shape index (κ1) is 20.5. The lowest BCUT2D eigenvalue weighted by molar-refractivity contribution is -0.148. The third kappa shape index (κ3) is 5.09. The Morgan fingerprint density at radius 1 is 0.889 bits per heavy atom. The fourth-order valence-corrected chi connectivity index (χ4v) is 2.52. The van der Waals surface area contributed by atoms with Gasteiger partial charge in [0, 0.05) is 5.69 Å². The maximum atomic E-state index is 12.7. The van der Waals surface area contributed by atoms with Gasteiger partial charge in [0.1, 0.15) is 0 Å². The van der Waals surface area contributed by atoms with Crippen LogP contribution in [0.25, 0.3) is 0 Å². The molecule has 0 aliphatic rings. The summed E-state index contributed by atoms with van der Waals surface area (Å²) < 4.78 is 38.1. The molecule has 144 valence electrons. The van der Waals surface area contributed by atoms with Crippen molar-refractivity contribution in [3.05, 3.63) is 65.2 Å². The van der Waals surface area contributed by atoms with Gasteiger partial charge in [-0.2, -0.15) is 13.2 Å². The molecular weight excluding hydrogens is 359 g/mol. The Kier molecular flexibility index (Phi) is 5.63. The van der Waals surface area contributed by atoms with Crippen LogP contribution >= 0.6 is 0 Å². The summed E-state index contributed by atoms with van der Waals surface area (Å²) >= 11 is 0. The summed E-state index contributed by atoms with van der Waals surface area (Å²) in [5, 5.41) is 9.06. The lowest BCUT2D eigenvalue weighted by atomic mass is 9.87. The van der Waals surface area contributed by atoms with Crippen molar-refractivity contribution in [2.45, 2.75) is 38.9 Å². The van der Waals surface area contributed by atoms with Crippen LogP contribution in [0.1, 0.15) is 37.5 Å². The zero-order chi connectivity index (χ0) is 20.4. The molecule has 1 N–H and O–H groups in total. The second-order valence-electron chi connectivity index (χ2n) is 7.19. The van der Waals surface area contributed by atoms with Crippen LogP contribution in [0.15, 0.2) is 48.5 Å². The quantitative estimate of drug-likeness (QED) is 0.792. The second-order valence-corrected chi connectivity index (χ2v) is 7.19. The fourth-order valence-electron chi connectivity index (χ4n) is 2.52. The lowest BCUT2D eigenvalue weighted by Gasteiger charge is -2.23. The SMILES string of the molecule is CC(C)(C)c1ccc(CN(C(=O)C(=O)O)c2ccc(C(F)(F)F)cc2)cc1. The van der Waals surface area contributed by atoms with E-state index in [4.69, 9.17) is 5.11 Å². The van der Waals surface area contributed by atoms with Crippen molar-refractivity contribution in [2.75, 3.05) is 4.90 Å². The van der Waals surface area contributed by atoms with Gasteiger partial charge in [0.25, 0.3) is 0 Å². The predicted molar refractivity (Wildman–Crippen MR) is 95.4 cm³/mol. The molecule has 1 amide bonds. The summed E-state index contributed by atoms with van der Waals surface area (Å²) in [6.45, 7) is 6.07. The number of carbonyl (C=O) groups is 2. The highest BCUT2D eigenvalue weighted by Gasteiger charge is 2.31. The van der Waals surface area contributed by atoms with Gasteiger partial charge in [-0.15, -0.1) is 0 Å². The predicted octanol–water partition coefficient (Wildman–Crippen LogP) is 4.62. The average Bonchev–Trinajstić information content (AvgIpc) is 2.58. The van der Waals surface area contributed by atoms with E-state index < -0.39 is 23.6 Å².